The van der Waals surface area contributed by atoms with Gasteiger partial charge in [0.2, 0.25) is 20.1 Å². The Kier molecular flexibility index (Phi) is 4.67. The third kappa shape index (κ3) is 4.11. The number of sulfone groups is 1. The van der Waals surface area contributed by atoms with Gasteiger partial charge in [0, 0.05) is 18.1 Å². The van der Waals surface area contributed by atoms with E-state index in [9.17, 15) is 13.2 Å². The van der Waals surface area contributed by atoms with Crippen molar-refractivity contribution >= 4 is 27.1 Å². The average molecular weight is 321 g/mol. The highest BCUT2D eigenvalue weighted by atomic mass is 32.2. The first kappa shape index (κ1) is 15.2. The second kappa shape index (κ2) is 6.47. The number of amides is 1. The van der Waals surface area contributed by atoms with Crippen molar-refractivity contribution in [3.05, 3.63) is 47.0 Å². The SMILES string of the molecule is N#Cc1ccc(CNC(=O)CS(=O)(=O)c2nccs2)cc1. The van der Waals surface area contributed by atoms with Gasteiger partial charge in [-0.2, -0.15) is 5.26 Å². The van der Waals surface area contributed by atoms with Crippen LogP contribution in [0.3, 0.4) is 0 Å². The molecule has 108 valence electrons. The number of hydrogen-bond donors (Lipinski definition) is 1. The Hall–Kier alpha value is -2.24. The van der Waals surface area contributed by atoms with Crippen LogP contribution >= 0.6 is 11.3 Å². The molecule has 0 aliphatic heterocycles. The Morgan fingerprint density at radius 3 is 2.62 bits per heavy atom. The number of nitrogens with one attached hydrogen (secondary N) is 1. The van der Waals surface area contributed by atoms with Gasteiger partial charge in [0.15, 0.2) is 0 Å². The fraction of sp³-hybridized carbons (Fsp3) is 0.154. The summed E-state index contributed by atoms with van der Waals surface area (Å²) >= 11 is 0.981. The van der Waals surface area contributed by atoms with Crippen molar-refractivity contribution in [1.82, 2.24) is 10.3 Å². The second-order valence-electron chi connectivity index (χ2n) is 4.14. The van der Waals surface area contributed by atoms with Gasteiger partial charge in [-0.15, -0.1) is 11.3 Å². The van der Waals surface area contributed by atoms with Crippen LogP contribution in [0.2, 0.25) is 0 Å². The van der Waals surface area contributed by atoms with Gasteiger partial charge in [0.25, 0.3) is 0 Å². The fourth-order valence-electron chi connectivity index (χ4n) is 1.55. The first-order valence-electron chi connectivity index (χ1n) is 5.89. The summed E-state index contributed by atoms with van der Waals surface area (Å²) < 4.78 is 23.6. The molecule has 0 saturated carbocycles. The summed E-state index contributed by atoms with van der Waals surface area (Å²) in [6.07, 6.45) is 1.38. The normalized spacial score (nSPS) is 10.8. The lowest BCUT2D eigenvalue weighted by molar-refractivity contribution is -0.118. The maximum Gasteiger partial charge on any atom is 0.235 e. The zero-order valence-corrected chi connectivity index (χ0v) is 12.4. The first-order valence-corrected chi connectivity index (χ1v) is 8.42. The van der Waals surface area contributed by atoms with E-state index in [0.29, 0.717) is 5.56 Å². The van der Waals surface area contributed by atoms with Gasteiger partial charge in [0.1, 0.15) is 5.75 Å². The van der Waals surface area contributed by atoms with Crippen LogP contribution in [0.1, 0.15) is 11.1 Å². The highest BCUT2D eigenvalue weighted by molar-refractivity contribution is 7.93. The third-order valence-corrected chi connectivity index (χ3v) is 5.46. The summed E-state index contributed by atoms with van der Waals surface area (Å²) in [5, 5.41) is 12.7. The lowest BCUT2D eigenvalue weighted by Crippen LogP contribution is -2.29. The van der Waals surface area contributed by atoms with Crippen LogP contribution in [0.5, 0.6) is 0 Å². The Bertz CT molecular complexity index is 760. The monoisotopic (exact) mass is 321 g/mol. The first-order chi connectivity index (χ1) is 10.0. The van der Waals surface area contributed by atoms with Crippen LogP contribution in [-0.4, -0.2) is 25.1 Å². The molecular formula is C13H11N3O3S2. The molecule has 0 bridgehead atoms. The largest absolute Gasteiger partial charge is 0.351 e. The number of thiazole rings is 1. The molecule has 0 radical (unpaired) electrons. The highest BCUT2D eigenvalue weighted by Gasteiger charge is 2.21. The Labute approximate surface area is 126 Å². The lowest BCUT2D eigenvalue weighted by Gasteiger charge is -2.05. The summed E-state index contributed by atoms with van der Waals surface area (Å²) in [6.45, 7) is 0.206. The molecular weight excluding hydrogens is 310 g/mol. The minimum absolute atomic E-state index is 0.0592. The van der Waals surface area contributed by atoms with E-state index in [0.717, 1.165) is 16.9 Å². The fourth-order valence-corrected chi connectivity index (χ4v) is 3.63. The molecule has 0 unspecified atom stereocenters. The van der Waals surface area contributed by atoms with Crippen molar-refractivity contribution < 1.29 is 13.2 Å². The topological polar surface area (TPSA) is 99.9 Å². The highest BCUT2D eigenvalue weighted by Crippen LogP contribution is 2.13. The molecule has 2 aromatic rings. The van der Waals surface area contributed by atoms with E-state index >= 15 is 0 Å². The van der Waals surface area contributed by atoms with E-state index in [-0.39, 0.29) is 10.9 Å². The molecule has 6 nitrogen and oxygen atoms in total. The van der Waals surface area contributed by atoms with Crippen molar-refractivity contribution in [2.24, 2.45) is 0 Å². The van der Waals surface area contributed by atoms with Crippen molar-refractivity contribution in [2.75, 3.05) is 5.75 Å². The van der Waals surface area contributed by atoms with E-state index in [1.807, 2.05) is 6.07 Å². The van der Waals surface area contributed by atoms with Gasteiger partial charge in [-0.25, -0.2) is 13.4 Å². The quantitative estimate of drug-likeness (QED) is 0.889. The number of nitriles is 1. The molecule has 1 aromatic carbocycles. The van der Waals surface area contributed by atoms with E-state index in [2.05, 4.69) is 10.3 Å². The Morgan fingerprint density at radius 2 is 2.05 bits per heavy atom. The Morgan fingerprint density at radius 1 is 1.33 bits per heavy atom. The third-order valence-electron chi connectivity index (χ3n) is 2.57. The predicted molar refractivity (Wildman–Crippen MR) is 77.2 cm³/mol. The number of carbonyl (C=O) groups is 1. The van der Waals surface area contributed by atoms with Gasteiger partial charge in [-0.1, -0.05) is 12.1 Å². The smallest absolute Gasteiger partial charge is 0.235 e. The molecule has 0 spiro atoms. The molecule has 2 rings (SSSR count). The van der Waals surface area contributed by atoms with Gasteiger partial charge in [-0.3, -0.25) is 4.79 Å². The maximum absolute atomic E-state index is 11.8. The van der Waals surface area contributed by atoms with Crippen molar-refractivity contribution in [1.29, 1.82) is 5.26 Å². The van der Waals surface area contributed by atoms with Gasteiger partial charge in [0.05, 0.1) is 11.6 Å². The molecule has 21 heavy (non-hydrogen) atoms. The van der Waals surface area contributed by atoms with Gasteiger partial charge in [-0.05, 0) is 17.7 Å². The number of nitrogens with zero attached hydrogens (tertiary/aromatic N) is 2. The minimum Gasteiger partial charge on any atom is -0.351 e. The average Bonchev–Trinajstić information content (AvgIpc) is 3.00. The minimum atomic E-state index is -3.68. The molecule has 1 heterocycles. The van der Waals surface area contributed by atoms with Crippen molar-refractivity contribution in [2.45, 2.75) is 10.9 Å². The zero-order valence-electron chi connectivity index (χ0n) is 10.8. The van der Waals surface area contributed by atoms with E-state index in [1.54, 1.807) is 29.6 Å². The standard InChI is InChI=1S/C13H11N3O3S2/c14-7-10-1-3-11(4-2-10)8-16-12(17)9-21(18,19)13-15-5-6-20-13/h1-6H,8-9H2,(H,16,17). The lowest BCUT2D eigenvalue weighted by atomic mass is 10.1. The summed E-state index contributed by atoms with van der Waals surface area (Å²) in [4.78, 5) is 15.4. The molecule has 1 amide bonds. The van der Waals surface area contributed by atoms with Crippen LogP contribution in [-0.2, 0) is 21.2 Å². The van der Waals surface area contributed by atoms with Crippen LogP contribution < -0.4 is 5.32 Å². The Balaban J connectivity index is 1.92. The molecule has 0 saturated heterocycles. The van der Waals surface area contributed by atoms with E-state index < -0.39 is 21.5 Å². The summed E-state index contributed by atoms with van der Waals surface area (Å²) in [5.41, 5.74) is 1.31. The van der Waals surface area contributed by atoms with Crippen molar-refractivity contribution in [3.63, 3.8) is 0 Å². The van der Waals surface area contributed by atoms with Crippen LogP contribution in [0.15, 0.2) is 40.2 Å². The molecule has 1 aromatic heterocycles. The molecule has 1 N–H and O–H groups in total. The summed E-state index contributed by atoms with van der Waals surface area (Å²) in [7, 11) is -3.68. The predicted octanol–water partition coefficient (Wildman–Crippen LogP) is 1.10. The number of aromatic nitrogens is 1. The van der Waals surface area contributed by atoms with Crippen LogP contribution in [0, 0.1) is 11.3 Å². The molecule has 0 atom stereocenters. The molecule has 8 heteroatoms. The van der Waals surface area contributed by atoms with E-state index in [1.165, 1.54) is 6.20 Å². The molecule has 0 fully saturated rings. The number of hydrogen-bond acceptors (Lipinski definition) is 6. The van der Waals surface area contributed by atoms with Gasteiger partial charge >= 0.3 is 0 Å². The summed E-state index contributed by atoms with van der Waals surface area (Å²) in [5.74, 6) is -1.22. The maximum atomic E-state index is 11.8. The number of rotatable bonds is 5. The van der Waals surface area contributed by atoms with E-state index in [4.69, 9.17) is 5.26 Å². The zero-order chi connectivity index (χ0) is 15.3. The van der Waals surface area contributed by atoms with Crippen LogP contribution in [0.4, 0.5) is 0 Å². The number of carbonyl (C=O) groups excluding carboxylic acids is 1. The van der Waals surface area contributed by atoms with Crippen molar-refractivity contribution in [3.8, 4) is 6.07 Å². The molecule has 0 aliphatic carbocycles. The van der Waals surface area contributed by atoms with Crippen LogP contribution in [0.25, 0.3) is 0 Å². The molecule has 0 aliphatic rings. The van der Waals surface area contributed by atoms with Gasteiger partial charge < -0.3 is 5.32 Å². The summed E-state index contributed by atoms with van der Waals surface area (Å²) in [6, 6.07) is 8.66. The number of benzene rings is 1. The second-order valence-corrected chi connectivity index (χ2v) is 7.20.